The molecular formula is C23H29F3. The van der Waals surface area contributed by atoms with Crippen molar-refractivity contribution in [1.29, 1.82) is 0 Å². The second-order valence-corrected chi connectivity index (χ2v) is 7.80. The van der Waals surface area contributed by atoms with Crippen LogP contribution in [0.1, 0.15) is 55.9 Å². The molecule has 2 aromatic rings. The predicted octanol–water partition coefficient (Wildman–Crippen LogP) is 7.11. The van der Waals surface area contributed by atoms with E-state index in [9.17, 15) is 13.2 Å². The highest BCUT2D eigenvalue weighted by Crippen LogP contribution is 2.30. The van der Waals surface area contributed by atoms with E-state index < -0.39 is 11.7 Å². The molecular weight excluding hydrogens is 333 g/mol. The van der Waals surface area contributed by atoms with Gasteiger partial charge in [-0.3, -0.25) is 0 Å². The molecule has 1 atom stereocenters. The Morgan fingerprint density at radius 3 is 2.00 bits per heavy atom. The van der Waals surface area contributed by atoms with Crippen molar-refractivity contribution in [3.05, 3.63) is 70.8 Å². The largest absolute Gasteiger partial charge is 0.416 e. The average molecular weight is 362 g/mol. The van der Waals surface area contributed by atoms with Crippen molar-refractivity contribution < 1.29 is 13.2 Å². The molecule has 3 heteroatoms. The molecule has 26 heavy (non-hydrogen) atoms. The maximum Gasteiger partial charge on any atom is 0.416 e. The Labute approximate surface area is 155 Å². The van der Waals surface area contributed by atoms with Gasteiger partial charge in [0.2, 0.25) is 0 Å². The summed E-state index contributed by atoms with van der Waals surface area (Å²) in [5.41, 5.74) is 2.90. The Kier molecular flexibility index (Phi) is 7.31. The molecule has 0 aliphatic carbocycles. The van der Waals surface area contributed by atoms with Crippen molar-refractivity contribution in [2.75, 3.05) is 0 Å². The van der Waals surface area contributed by atoms with E-state index in [0.717, 1.165) is 30.9 Å². The standard InChI is InChI=1S/C23H29F3/c1-17(2)10-12-19-6-4-8-21(15-19)14-18(3)11-13-20-7-5-9-22(16-20)23(24,25)26/h4-9,15-18H,10-14H2,1-3H3. The first-order valence-corrected chi connectivity index (χ1v) is 9.48. The minimum atomic E-state index is -4.27. The summed E-state index contributed by atoms with van der Waals surface area (Å²) in [7, 11) is 0. The first-order chi connectivity index (χ1) is 12.2. The van der Waals surface area contributed by atoms with Crippen LogP contribution in [0.15, 0.2) is 48.5 Å². The second-order valence-electron chi connectivity index (χ2n) is 7.80. The van der Waals surface area contributed by atoms with Gasteiger partial charge >= 0.3 is 6.18 Å². The van der Waals surface area contributed by atoms with E-state index in [1.165, 1.54) is 29.7 Å². The normalized spacial score (nSPS) is 13.2. The maximum atomic E-state index is 12.8. The fourth-order valence-electron chi connectivity index (χ4n) is 3.19. The quantitative estimate of drug-likeness (QED) is 0.469. The SMILES string of the molecule is CC(C)CCc1cccc(CC(C)CCc2cccc(C(F)(F)F)c2)c1. The molecule has 0 aliphatic heterocycles. The number of aryl methyl sites for hydroxylation is 2. The molecule has 0 bridgehead atoms. The van der Waals surface area contributed by atoms with Crippen LogP contribution in [0, 0.1) is 11.8 Å². The molecule has 142 valence electrons. The van der Waals surface area contributed by atoms with E-state index in [4.69, 9.17) is 0 Å². The number of benzene rings is 2. The zero-order valence-corrected chi connectivity index (χ0v) is 15.9. The fourth-order valence-corrected chi connectivity index (χ4v) is 3.19. The molecule has 0 aromatic heterocycles. The molecule has 0 aliphatic rings. The lowest BCUT2D eigenvalue weighted by Gasteiger charge is -2.14. The number of alkyl halides is 3. The third-order valence-corrected chi connectivity index (χ3v) is 4.77. The van der Waals surface area contributed by atoms with Crippen molar-refractivity contribution in [1.82, 2.24) is 0 Å². The van der Waals surface area contributed by atoms with Crippen molar-refractivity contribution in [2.45, 2.75) is 59.1 Å². The van der Waals surface area contributed by atoms with E-state index in [0.29, 0.717) is 18.3 Å². The van der Waals surface area contributed by atoms with Crippen LogP contribution in [-0.4, -0.2) is 0 Å². The van der Waals surface area contributed by atoms with Gasteiger partial charge in [0.25, 0.3) is 0 Å². The van der Waals surface area contributed by atoms with Crippen LogP contribution >= 0.6 is 0 Å². The molecule has 0 saturated heterocycles. The van der Waals surface area contributed by atoms with Gasteiger partial charge in [-0.05, 0) is 66.7 Å². The smallest absolute Gasteiger partial charge is 0.166 e. The molecule has 0 N–H and O–H groups in total. The summed E-state index contributed by atoms with van der Waals surface area (Å²) in [5.74, 6) is 1.13. The van der Waals surface area contributed by atoms with Crippen LogP contribution in [0.2, 0.25) is 0 Å². The third-order valence-electron chi connectivity index (χ3n) is 4.77. The van der Waals surface area contributed by atoms with Crippen LogP contribution < -0.4 is 0 Å². The monoisotopic (exact) mass is 362 g/mol. The molecule has 0 amide bonds. The van der Waals surface area contributed by atoms with Crippen LogP contribution in [0.25, 0.3) is 0 Å². The number of hydrogen-bond donors (Lipinski definition) is 0. The van der Waals surface area contributed by atoms with Gasteiger partial charge in [0, 0.05) is 0 Å². The number of rotatable bonds is 8. The summed E-state index contributed by atoms with van der Waals surface area (Å²) in [4.78, 5) is 0. The summed E-state index contributed by atoms with van der Waals surface area (Å²) < 4.78 is 38.4. The van der Waals surface area contributed by atoms with Crippen molar-refractivity contribution in [3.8, 4) is 0 Å². The number of hydrogen-bond acceptors (Lipinski definition) is 0. The van der Waals surface area contributed by atoms with Crippen molar-refractivity contribution in [2.24, 2.45) is 11.8 Å². The minimum absolute atomic E-state index is 0.435. The lowest BCUT2D eigenvalue weighted by atomic mass is 9.92. The third kappa shape index (κ3) is 6.86. The van der Waals surface area contributed by atoms with Gasteiger partial charge in [-0.1, -0.05) is 63.2 Å². The summed E-state index contributed by atoms with van der Waals surface area (Å²) in [5, 5.41) is 0. The van der Waals surface area contributed by atoms with Gasteiger partial charge in [0.1, 0.15) is 0 Å². The molecule has 1 unspecified atom stereocenters. The Hall–Kier alpha value is -1.77. The Morgan fingerprint density at radius 2 is 1.35 bits per heavy atom. The summed E-state index contributed by atoms with van der Waals surface area (Å²) in [6, 6.07) is 14.4. The Bertz CT molecular complexity index is 686. The van der Waals surface area contributed by atoms with E-state index in [2.05, 4.69) is 45.0 Å². The van der Waals surface area contributed by atoms with Crippen LogP contribution in [0.4, 0.5) is 13.2 Å². The van der Waals surface area contributed by atoms with Gasteiger partial charge < -0.3 is 0 Å². The molecule has 0 saturated carbocycles. The highest BCUT2D eigenvalue weighted by atomic mass is 19.4. The zero-order chi connectivity index (χ0) is 19.2. The lowest BCUT2D eigenvalue weighted by molar-refractivity contribution is -0.137. The molecule has 0 fully saturated rings. The zero-order valence-electron chi connectivity index (χ0n) is 15.9. The average Bonchev–Trinajstić information content (AvgIpc) is 2.58. The van der Waals surface area contributed by atoms with Gasteiger partial charge in [-0.15, -0.1) is 0 Å². The lowest BCUT2D eigenvalue weighted by Crippen LogP contribution is -2.06. The van der Waals surface area contributed by atoms with Crippen LogP contribution in [-0.2, 0) is 25.4 Å². The van der Waals surface area contributed by atoms with Crippen molar-refractivity contribution >= 4 is 0 Å². The highest BCUT2D eigenvalue weighted by Gasteiger charge is 2.30. The van der Waals surface area contributed by atoms with E-state index in [1.54, 1.807) is 6.07 Å². The number of halogens is 3. The van der Waals surface area contributed by atoms with Gasteiger partial charge in [-0.25, -0.2) is 0 Å². The van der Waals surface area contributed by atoms with Crippen LogP contribution in [0.3, 0.4) is 0 Å². The first-order valence-electron chi connectivity index (χ1n) is 9.48. The highest BCUT2D eigenvalue weighted by molar-refractivity contribution is 5.26. The van der Waals surface area contributed by atoms with E-state index in [-0.39, 0.29) is 0 Å². The molecule has 0 nitrogen and oxygen atoms in total. The van der Waals surface area contributed by atoms with Gasteiger partial charge in [0.05, 0.1) is 5.56 Å². The molecule has 0 heterocycles. The van der Waals surface area contributed by atoms with Gasteiger partial charge in [0.15, 0.2) is 0 Å². The summed E-state index contributed by atoms with van der Waals surface area (Å²) in [6.45, 7) is 6.65. The van der Waals surface area contributed by atoms with E-state index in [1.807, 2.05) is 0 Å². The predicted molar refractivity (Wildman–Crippen MR) is 102 cm³/mol. The second kappa shape index (κ2) is 9.25. The first kappa shape index (κ1) is 20.5. The molecule has 0 spiro atoms. The topological polar surface area (TPSA) is 0 Å². The maximum absolute atomic E-state index is 12.8. The molecule has 2 aromatic carbocycles. The minimum Gasteiger partial charge on any atom is -0.166 e. The van der Waals surface area contributed by atoms with Gasteiger partial charge in [-0.2, -0.15) is 13.2 Å². The van der Waals surface area contributed by atoms with Crippen molar-refractivity contribution in [3.63, 3.8) is 0 Å². The molecule has 0 radical (unpaired) electrons. The fraction of sp³-hybridized carbons (Fsp3) is 0.478. The Morgan fingerprint density at radius 1 is 0.769 bits per heavy atom. The summed E-state index contributed by atoms with van der Waals surface area (Å²) >= 11 is 0. The molecule has 2 rings (SSSR count). The van der Waals surface area contributed by atoms with E-state index >= 15 is 0 Å². The van der Waals surface area contributed by atoms with Crippen LogP contribution in [0.5, 0.6) is 0 Å². The summed E-state index contributed by atoms with van der Waals surface area (Å²) in [6.07, 6.45) is 0.556. The Balaban J connectivity index is 1.89.